The zero-order valence-electron chi connectivity index (χ0n) is 7.68. The number of aliphatic imine (C=N–C) groups is 1. The van der Waals surface area contributed by atoms with Gasteiger partial charge in [-0.1, -0.05) is 12.1 Å². The van der Waals surface area contributed by atoms with Gasteiger partial charge in [-0.05, 0) is 23.7 Å². The van der Waals surface area contributed by atoms with Crippen molar-refractivity contribution in [3.05, 3.63) is 29.8 Å². The Bertz CT molecular complexity index is 433. The van der Waals surface area contributed by atoms with Gasteiger partial charge in [0.2, 0.25) is 5.24 Å². The summed E-state index contributed by atoms with van der Waals surface area (Å²) in [6.45, 7) is 0. The number of hydrogen-bond donors (Lipinski definition) is 1. The van der Waals surface area contributed by atoms with Crippen LogP contribution in [0.3, 0.4) is 0 Å². The number of hydrogen-bond acceptors (Lipinski definition) is 4. The topological polar surface area (TPSA) is 49.7 Å². The molecule has 0 aliphatic carbocycles. The maximum atomic E-state index is 10.9. The zero-order chi connectivity index (χ0) is 10.8. The van der Waals surface area contributed by atoms with Crippen molar-refractivity contribution in [2.24, 2.45) is 4.99 Å². The van der Waals surface area contributed by atoms with Crippen molar-refractivity contribution in [2.45, 2.75) is 6.04 Å². The fourth-order valence-corrected chi connectivity index (χ4v) is 2.58. The van der Waals surface area contributed by atoms with Gasteiger partial charge in [0, 0.05) is 11.3 Å². The van der Waals surface area contributed by atoms with Crippen LogP contribution >= 0.6 is 23.4 Å². The van der Waals surface area contributed by atoms with E-state index in [1.54, 1.807) is 18.2 Å². The van der Waals surface area contributed by atoms with Crippen LogP contribution in [0.2, 0.25) is 0 Å². The molecule has 1 aromatic carbocycles. The van der Waals surface area contributed by atoms with Crippen molar-refractivity contribution in [1.29, 1.82) is 0 Å². The number of benzene rings is 1. The van der Waals surface area contributed by atoms with Gasteiger partial charge in [0.05, 0.1) is 0 Å². The van der Waals surface area contributed by atoms with E-state index in [2.05, 4.69) is 4.99 Å². The number of aromatic hydroxyl groups is 1. The average Bonchev–Trinajstić information content (AvgIpc) is 2.67. The summed E-state index contributed by atoms with van der Waals surface area (Å²) in [5, 5.41) is 9.81. The Balaban J connectivity index is 2.30. The first-order valence-corrected chi connectivity index (χ1v) is 5.73. The molecule has 0 saturated heterocycles. The summed E-state index contributed by atoms with van der Waals surface area (Å²) in [6.07, 6.45) is 0. The molecule has 3 nitrogen and oxygen atoms in total. The summed E-state index contributed by atoms with van der Waals surface area (Å²) in [5.74, 6) is 0.720. The highest BCUT2D eigenvalue weighted by Crippen LogP contribution is 2.28. The first-order valence-electron chi connectivity index (χ1n) is 4.37. The minimum Gasteiger partial charge on any atom is -0.507 e. The third kappa shape index (κ3) is 2.16. The van der Waals surface area contributed by atoms with Crippen LogP contribution in [0, 0.1) is 0 Å². The molecule has 2 rings (SSSR count). The van der Waals surface area contributed by atoms with Gasteiger partial charge in [0.15, 0.2) is 0 Å². The van der Waals surface area contributed by atoms with Crippen molar-refractivity contribution in [2.75, 3.05) is 5.75 Å². The van der Waals surface area contributed by atoms with Crippen LogP contribution < -0.4 is 0 Å². The van der Waals surface area contributed by atoms with Crippen LogP contribution in [-0.2, 0) is 4.79 Å². The molecule has 1 N–H and O–H groups in total. The van der Waals surface area contributed by atoms with Gasteiger partial charge in [-0.3, -0.25) is 9.79 Å². The fraction of sp³-hybridized carbons (Fsp3) is 0.200. The first kappa shape index (κ1) is 10.5. The average molecular weight is 242 g/mol. The van der Waals surface area contributed by atoms with E-state index in [0.717, 1.165) is 0 Å². The van der Waals surface area contributed by atoms with Gasteiger partial charge < -0.3 is 5.11 Å². The standard InChI is InChI=1S/C10H8ClNO2S/c11-9(14)7-5-15-10(12-7)6-3-1-2-4-8(6)13/h1-4,7,13H,5H2/t7-/m1/s1. The summed E-state index contributed by atoms with van der Waals surface area (Å²) in [6, 6.07) is 6.43. The van der Waals surface area contributed by atoms with E-state index in [0.29, 0.717) is 16.4 Å². The highest BCUT2D eigenvalue weighted by molar-refractivity contribution is 8.14. The van der Waals surface area contributed by atoms with Crippen molar-refractivity contribution in [3.63, 3.8) is 0 Å². The van der Waals surface area contributed by atoms with Crippen LogP contribution in [0.1, 0.15) is 5.56 Å². The molecule has 0 fully saturated rings. The molecule has 0 amide bonds. The number of para-hydroxylation sites is 1. The fourth-order valence-electron chi connectivity index (χ4n) is 1.29. The molecular formula is C10H8ClNO2S. The second-order valence-corrected chi connectivity index (χ2v) is 4.46. The minimum atomic E-state index is -0.480. The summed E-state index contributed by atoms with van der Waals surface area (Å²) < 4.78 is 0. The maximum Gasteiger partial charge on any atom is 0.247 e. The van der Waals surface area contributed by atoms with Gasteiger partial charge in [0.25, 0.3) is 0 Å². The first-order chi connectivity index (χ1) is 7.18. The second kappa shape index (κ2) is 4.24. The number of thioether (sulfide) groups is 1. The lowest BCUT2D eigenvalue weighted by molar-refractivity contribution is -0.112. The van der Waals surface area contributed by atoms with Crippen LogP contribution in [0.15, 0.2) is 29.3 Å². The lowest BCUT2D eigenvalue weighted by atomic mass is 10.2. The summed E-state index contributed by atoms with van der Waals surface area (Å²) >= 11 is 6.79. The van der Waals surface area contributed by atoms with Gasteiger partial charge in [0.1, 0.15) is 16.8 Å². The number of phenols is 1. The Morgan fingerprint density at radius 1 is 1.53 bits per heavy atom. The Hall–Kier alpha value is -1.00. The highest BCUT2D eigenvalue weighted by Gasteiger charge is 2.25. The SMILES string of the molecule is O=C(Cl)[C@H]1CSC(c2ccccc2O)=N1. The van der Waals surface area contributed by atoms with E-state index in [1.807, 2.05) is 6.07 Å². The maximum absolute atomic E-state index is 10.9. The van der Waals surface area contributed by atoms with Crippen LogP contribution in [0.5, 0.6) is 5.75 Å². The Morgan fingerprint density at radius 2 is 2.27 bits per heavy atom. The van der Waals surface area contributed by atoms with E-state index in [4.69, 9.17) is 11.6 Å². The Kier molecular flexibility index (Phi) is 2.98. The minimum absolute atomic E-state index is 0.173. The Labute approximate surface area is 96.2 Å². The van der Waals surface area contributed by atoms with Crippen LogP contribution in [-0.4, -0.2) is 27.2 Å². The monoisotopic (exact) mass is 241 g/mol. The number of phenolic OH excluding ortho intramolecular Hbond substituents is 1. The molecule has 0 spiro atoms. The van der Waals surface area contributed by atoms with E-state index < -0.39 is 11.3 Å². The predicted molar refractivity (Wildman–Crippen MR) is 61.7 cm³/mol. The predicted octanol–water partition coefficient (Wildman–Crippen LogP) is 2.02. The van der Waals surface area contributed by atoms with Gasteiger partial charge >= 0.3 is 0 Å². The van der Waals surface area contributed by atoms with Gasteiger partial charge in [-0.15, -0.1) is 11.8 Å². The van der Waals surface area contributed by atoms with E-state index >= 15 is 0 Å². The molecule has 15 heavy (non-hydrogen) atoms. The van der Waals surface area contributed by atoms with E-state index in [1.165, 1.54) is 11.8 Å². The highest BCUT2D eigenvalue weighted by atomic mass is 35.5. The summed E-state index contributed by atoms with van der Waals surface area (Å²) in [4.78, 5) is 15.0. The van der Waals surface area contributed by atoms with Gasteiger partial charge in [-0.2, -0.15) is 0 Å². The second-order valence-electron chi connectivity index (χ2n) is 3.08. The molecule has 1 atom stereocenters. The van der Waals surface area contributed by atoms with Crippen molar-refractivity contribution in [3.8, 4) is 5.75 Å². The molecule has 0 saturated carbocycles. The van der Waals surface area contributed by atoms with Crippen molar-refractivity contribution < 1.29 is 9.90 Å². The molecule has 1 heterocycles. The van der Waals surface area contributed by atoms with Crippen molar-refractivity contribution >= 4 is 33.6 Å². The third-order valence-corrected chi connectivity index (χ3v) is 3.38. The smallest absolute Gasteiger partial charge is 0.247 e. The molecule has 0 aromatic heterocycles. The number of carbonyl (C=O) groups is 1. The quantitative estimate of drug-likeness (QED) is 0.806. The zero-order valence-corrected chi connectivity index (χ0v) is 9.26. The molecular weight excluding hydrogens is 234 g/mol. The lowest BCUT2D eigenvalue weighted by Crippen LogP contribution is -2.11. The molecule has 78 valence electrons. The number of rotatable bonds is 2. The lowest BCUT2D eigenvalue weighted by Gasteiger charge is -2.01. The molecule has 1 aliphatic rings. The molecule has 0 radical (unpaired) electrons. The molecule has 0 unspecified atom stereocenters. The number of nitrogens with zero attached hydrogens (tertiary/aromatic N) is 1. The largest absolute Gasteiger partial charge is 0.507 e. The molecule has 5 heteroatoms. The van der Waals surface area contributed by atoms with Crippen molar-refractivity contribution in [1.82, 2.24) is 0 Å². The van der Waals surface area contributed by atoms with Gasteiger partial charge in [-0.25, -0.2) is 0 Å². The Morgan fingerprint density at radius 3 is 2.87 bits per heavy atom. The van der Waals surface area contributed by atoms with E-state index in [9.17, 15) is 9.90 Å². The molecule has 1 aromatic rings. The normalized spacial score (nSPS) is 20.1. The van der Waals surface area contributed by atoms with Crippen LogP contribution in [0.25, 0.3) is 0 Å². The molecule has 0 bridgehead atoms. The summed E-state index contributed by atoms with van der Waals surface area (Å²) in [7, 11) is 0. The number of carbonyl (C=O) groups excluding carboxylic acids is 1. The van der Waals surface area contributed by atoms with E-state index in [-0.39, 0.29) is 5.75 Å². The molecule has 1 aliphatic heterocycles. The number of halogens is 1. The summed E-state index contributed by atoms with van der Waals surface area (Å²) in [5.41, 5.74) is 0.655. The third-order valence-electron chi connectivity index (χ3n) is 2.05. The van der Waals surface area contributed by atoms with Crippen LogP contribution in [0.4, 0.5) is 0 Å².